The minimum Gasteiger partial charge on any atom is -0.493 e. The first-order valence-corrected chi connectivity index (χ1v) is 14.3. The molecule has 0 spiro atoms. The summed E-state index contributed by atoms with van der Waals surface area (Å²) < 4.78 is 13.7. The molecule has 1 saturated heterocycles. The van der Waals surface area contributed by atoms with Gasteiger partial charge in [0.2, 0.25) is 0 Å². The van der Waals surface area contributed by atoms with E-state index in [2.05, 4.69) is 10.3 Å². The van der Waals surface area contributed by atoms with E-state index in [-0.39, 0.29) is 18.0 Å². The molecule has 9 nitrogen and oxygen atoms in total. The number of ether oxygens (including phenoxy) is 1. The van der Waals surface area contributed by atoms with Crippen molar-refractivity contribution in [3.63, 3.8) is 0 Å². The number of amides is 1. The highest BCUT2D eigenvalue weighted by Crippen LogP contribution is 2.40. The summed E-state index contributed by atoms with van der Waals surface area (Å²) in [7, 11) is 0. The smallest absolute Gasteiger partial charge is 0.275 e. The van der Waals surface area contributed by atoms with Gasteiger partial charge in [0.15, 0.2) is 17.2 Å². The Labute approximate surface area is 234 Å². The summed E-state index contributed by atoms with van der Waals surface area (Å²) in [5.41, 5.74) is 2.80. The molecule has 3 heterocycles. The van der Waals surface area contributed by atoms with Crippen LogP contribution in [0.2, 0.25) is 0 Å². The number of aliphatic hydroxyl groups is 1. The Balaban J connectivity index is 1.23. The molecule has 9 heteroatoms. The first-order chi connectivity index (χ1) is 19.4. The van der Waals surface area contributed by atoms with Crippen LogP contribution in [0.5, 0.6) is 5.75 Å². The highest BCUT2D eigenvalue weighted by atomic mass is 16.5. The van der Waals surface area contributed by atoms with Gasteiger partial charge < -0.3 is 29.0 Å². The van der Waals surface area contributed by atoms with E-state index in [9.17, 15) is 9.90 Å². The minimum atomic E-state index is -0.856. The van der Waals surface area contributed by atoms with E-state index in [0.717, 1.165) is 60.3 Å². The second-order valence-corrected chi connectivity index (χ2v) is 11.2. The third-order valence-corrected chi connectivity index (χ3v) is 8.30. The number of aryl methyl sites for hydroxylation is 1. The van der Waals surface area contributed by atoms with Crippen LogP contribution in [-0.2, 0) is 0 Å². The Morgan fingerprint density at radius 3 is 2.90 bits per heavy atom. The Morgan fingerprint density at radius 1 is 1.23 bits per heavy atom. The SMILES string of the molecule is Cc1nc2cc(OCC[C@@H]3CNCCN3C(=O)c3ncn([C@@H]4CCCC[C@]4(C)O)c3-c3ccccc3)ccc2o1. The molecule has 2 aromatic heterocycles. The molecular weight excluding hydrogens is 506 g/mol. The van der Waals surface area contributed by atoms with E-state index in [4.69, 9.17) is 14.1 Å². The van der Waals surface area contributed by atoms with E-state index in [1.807, 2.05) is 71.8 Å². The number of oxazole rings is 1. The second kappa shape index (κ2) is 11.1. The molecule has 1 aliphatic carbocycles. The van der Waals surface area contributed by atoms with Crippen LogP contribution in [0.1, 0.15) is 61.4 Å². The lowest BCUT2D eigenvalue weighted by Gasteiger charge is -2.39. The van der Waals surface area contributed by atoms with Gasteiger partial charge in [-0.05, 0) is 31.9 Å². The van der Waals surface area contributed by atoms with Crippen LogP contribution in [0.4, 0.5) is 0 Å². The molecule has 210 valence electrons. The summed E-state index contributed by atoms with van der Waals surface area (Å²) in [6, 6.07) is 15.4. The summed E-state index contributed by atoms with van der Waals surface area (Å²) in [6.07, 6.45) is 6.05. The van der Waals surface area contributed by atoms with Gasteiger partial charge in [0.1, 0.15) is 11.3 Å². The maximum atomic E-state index is 14.1. The van der Waals surface area contributed by atoms with Gasteiger partial charge >= 0.3 is 0 Å². The number of piperazine rings is 1. The van der Waals surface area contributed by atoms with Gasteiger partial charge in [0.25, 0.3) is 5.91 Å². The lowest BCUT2D eigenvalue weighted by Crippen LogP contribution is -2.54. The molecule has 6 rings (SSSR count). The van der Waals surface area contributed by atoms with Crippen LogP contribution in [-0.4, -0.2) is 68.3 Å². The van der Waals surface area contributed by atoms with Gasteiger partial charge in [-0.3, -0.25) is 4.79 Å². The molecule has 1 saturated carbocycles. The Morgan fingerprint density at radius 2 is 2.08 bits per heavy atom. The molecular formula is C31H37N5O4. The van der Waals surface area contributed by atoms with E-state index < -0.39 is 5.60 Å². The molecule has 4 aromatic rings. The van der Waals surface area contributed by atoms with Crippen LogP contribution < -0.4 is 10.1 Å². The van der Waals surface area contributed by atoms with Crippen molar-refractivity contribution in [1.29, 1.82) is 0 Å². The van der Waals surface area contributed by atoms with Crippen LogP contribution in [0, 0.1) is 6.92 Å². The number of nitrogens with one attached hydrogen (secondary N) is 1. The van der Waals surface area contributed by atoms with Crippen molar-refractivity contribution in [2.24, 2.45) is 0 Å². The number of aromatic nitrogens is 3. The second-order valence-electron chi connectivity index (χ2n) is 11.2. The van der Waals surface area contributed by atoms with Crippen LogP contribution in [0.15, 0.2) is 59.3 Å². The number of fused-ring (bicyclic) bond motifs is 1. The maximum absolute atomic E-state index is 14.1. The molecule has 2 aliphatic rings. The molecule has 2 fully saturated rings. The standard InChI is InChI=1S/C31H37N5O4/c1-21-34-25-18-24(11-12-26(25)40-21)39-17-13-23-19-32-15-16-35(23)30(37)28-29(22-8-4-3-5-9-22)36(20-33-28)27-10-6-7-14-31(27,2)38/h3-5,8-9,11-12,18,20,23,27,32,38H,6-7,10,13-17,19H2,1-2H3/t23-,27-,31+/m1/s1. The zero-order valence-corrected chi connectivity index (χ0v) is 23.2. The molecule has 0 unspecified atom stereocenters. The number of carbonyl (C=O) groups excluding carboxylic acids is 1. The zero-order chi connectivity index (χ0) is 27.7. The van der Waals surface area contributed by atoms with Gasteiger partial charge in [0, 0.05) is 50.7 Å². The fraction of sp³-hybridized carbons (Fsp3) is 0.452. The fourth-order valence-corrected chi connectivity index (χ4v) is 6.22. The van der Waals surface area contributed by atoms with Crippen molar-refractivity contribution in [1.82, 2.24) is 24.8 Å². The topological polar surface area (TPSA) is 106 Å². The third-order valence-electron chi connectivity index (χ3n) is 8.30. The first-order valence-electron chi connectivity index (χ1n) is 14.3. The van der Waals surface area contributed by atoms with Crippen molar-refractivity contribution in [2.45, 2.75) is 63.6 Å². The molecule has 3 atom stereocenters. The lowest BCUT2D eigenvalue weighted by atomic mass is 9.81. The van der Waals surface area contributed by atoms with E-state index in [1.165, 1.54) is 0 Å². The minimum absolute atomic E-state index is 0.0363. The van der Waals surface area contributed by atoms with Gasteiger partial charge in [-0.15, -0.1) is 0 Å². The molecule has 1 amide bonds. The Kier molecular flexibility index (Phi) is 7.33. The normalized spacial score (nSPS) is 23.4. The van der Waals surface area contributed by atoms with Crippen LogP contribution >= 0.6 is 0 Å². The largest absolute Gasteiger partial charge is 0.493 e. The predicted octanol–water partition coefficient (Wildman–Crippen LogP) is 4.75. The van der Waals surface area contributed by atoms with E-state index in [1.54, 1.807) is 6.33 Å². The summed E-state index contributed by atoms with van der Waals surface area (Å²) in [6.45, 7) is 6.20. The van der Waals surface area contributed by atoms with Gasteiger partial charge in [-0.1, -0.05) is 43.2 Å². The summed E-state index contributed by atoms with van der Waals surface area (Å²) >= 11 is 0. The number of imidazole rings is 1. The summed E-state index contributed by atoms with van der Waals surface area (Å²) in [5, 5.41) is 14.7. The highest BCUT2D eigenvalue weighted by molar-refractivity contribution is 5.98. The van der Waals surface area contributed by atoms with Crippen molar-refractivity contribution in [2.75, 3.05) is 26.2 Å². The van der Waals surface area contributed by atoms with Crippen molar-refractivity contribution in [3.8, 4) is 17.0 Å². The fourth-order valence-electron chi connectivity index (χ4n) is 6.22. The Bertz CT molecular complexity index is 1480. The number of rotatable bonds is 7. The average molecular weight is 544 g/mol. The molecule has 0 bridgehead atoms. The molecule has 1 aliphatic heterocycles. The third kappa shape index (κ3) is 5.23. The molecule has 2 aromatic carbocycles. The number of nitrogens with zero attached hydrogens (tertiary/aromatic N) is 4. The Hall–Kier alpha value is -3.69. The lowest BCUT2D eigenvalue weighted by molar-refractivity contribution is -0.0243. The maximum Gasteiger partial charge on any atom is 0.275 e. The summed E-state index contributed by atoms with van der Waals surface area (Å²) in [5.74, 6) is 1.27. The first kappa shape index (κ1) is 26.5. The van der Waals surface area contributed by atoms with Crippen LogP contribution in [0.25, 0.3) is 22.4 Å². The van der Waals surface area contributed by atoms with Crippen LogP contribution in [0.3, 0.4) is 0 Å². The van der Waals surface area contributed by atoms with E-state index >= 15 is 0 Å². The van der Waals surface area contributed by atoms with Gasteiger partial charge in [0.05, 0.1) is 30.3 Å². The van der Waals surface area contributed by atoms with Crippen molar-refractivity contribution >= 4 is 17.0 Å². The number of hydrogen-bond donors (Lipinski definition) is 2. The quantitative estimate of drug-likeness (QED) is 0.347. The highest BCUT2D eigenvalue weighted by Gasteiger charge is 2.39. The number of hydrogen-bond acceptors (Lipinski definition) is 7. The van der Waals surface area contributed by atoms with Crippen molar-refractivity contribution in [3.05, 3.63) is 66.4 Å². The van der Waals surface area contributed by atoms with Crippen molar-refractivity contribution < 1.29 is 19.1 Å². The molecule has 0 radical (unpaired) electrons. The van der Waals surface area contributed by atoms with Gasteiger partial charge in [-0.2, -0.15) is 0 Å². The number of benzene rings is 2. The summed E-state index contributed by atoms with van der Waals surface area (Å²) in [4.78, 5) is 25.2. The predicted molar refractivity (Wildman–Crippen MR) is 152 cm³/mol. The zero-order valence-electron chi connectivity index (χ0n) is 23.2. The average Bonchev–Trinajstić information content (AvgIpc) is 3.56. The molecule has 40 heavy (non-hydrogen) atoms. The van der Waals surface area contributed by atoms with E-state index in [0.29, 0.717) is 37.7 Å². The number of carbonyl (C=O) groups is 1. The monoisotopic (exact) mass is 543 g/mol. The van der Waals surface area contributed by atoms with Gasteiger partial charge in [-0.25, -0.2) is 9.97 Å². The molecule has 2 N–H and O–H groups in total.